The first-order valence-electron chi connectivity index (χ1n) is 2.99. The number of hydrogen-bond donors (Lipinski definition) is 2. The lowest BCUT2D eigenvalue weighted by Crippen LogP contribution is -1.96. The van der Waals surface area contributed by atoms with Crippen molar-refractivity contribution in [2.24, 2.45) is 0 Å². The minimum atomic E-state index is -0.407. The standard InChI is InChI=1S/C7H7BrFNO/c8-6-2-5(9)1-4(3-11)7(6)10/h1-2,11H,3,10H2. The third-order valence-electron chi connectivity index (χ3n) is 1.35. The van der Waals surface area contributed by atoms with Crippen LogP contribution in [0.3, 0.4) is 0 Å². The Balaban J connectivity index is 3.24. The molecule has 0 aromatic heterocycles. The van der Waals surface area contributed by atoms with Crippen LogP contribution in [0.25, 0.3) is 0 Å². The number of halogens is 2. The average Bonchev–Trinajstić information content (AvgIpc) is 1.96. The molecule has 0 amide bonds. The second-order valence-corrected chi connectivity index (χ2v) is 2.97. The Kier molecular flexibility index (Phi) is 2.46. The second kappa shape index (κ2) is 3.19. The Hall–Kier alpha value is -0.610. The number of benzene rings is 1. The Morgan fingerprint density at radius 2 is 2.18 bits per heavy atom. The predicted molar refractivity (Wildman–Crippen MR) is 44.4 cm³/mol. The summed E-state index contributed by atoms with van der Waals surface area (Å²) >= 11 is 3.06. The van der Waals surface area contributed by atoms with E-state index in [1.807, 2.05) is 0 Å². The Morgan fingerprint density at radius 1 is 1.55 bits per heavy atom. The van der Waals surface area contributed by atoms with Gasteiger partial charge in [-0.05, 0) is 28.1 Å². The summed E-state index contributed by atoms with van der Waals surface area (Å²) in [6, 6.07) is 2.47. The van der Waals surface area contributed by atoms with E-state index in [1.165, 1.54) is 12.1 Å². The summed E-state index contributed by atoms with van der Waals surface area (Å²) in [6.45, 7) is -0.248. The topological polar surface area (TPSA) is 46.2 Å². The molecule has 1 aromatic rings. The number of rotatable bonds is 1. The van der Waals surface area contributed by atoms with Crippen molar-refractivity contribution in [2.45, 2.75) is 6.61 Å². The van der Waals surface area contributed by atoms with Crippen LogP contribution in [-0.2, 0) is 6.61 Å². The zero-order chi connectivity index (χ0) is 8.43. The zero-order valence-corrected chi connectivity index (χ0v) is 7.23. The van der Waals surface area contributed by atoms with E-state index in [9.17, 15) is 4.39 Å². The van der Waals surface area contributed by atoms with Crippen molar-refractivity contribution in [1.82, 2.24) is 0 Å². The molecule has 0 saturated carbocycles. The molecular weight excluding hydrogens is 213 g/mol. The van der Waals surface area contributed by atoms with Crippen molar-refractivity contribution >= 4 is 21.6 Å². The number of hydrogen-bond acceptors (Lipinski definition) is 2. The molecule has 60 valence electrons. The van der Waals surface area contributed by atoms with Gasteiger partial charge in [0, 0.05) is 10.0 Å². The number of aliphatic hydroxyl groups excluding tert-OH is 1. The first kappa shape index (κ1) is 8.49. The summed E-state index contributed by atoms with van der Waals surface area (Å²) in [7, 11) is 0. The van der Waals surface area contributed by atoms with Gasteiger partial charge < -0.3 is 10.8 Å². The van der Waals surface area contributed by atoms with E-state index in [2.05, 4.69) is 15.9 Å². The molecule has 1 aromatic carbocycles. The van der Waals surface area contributed by atoms with Crippen LogP contribution in [-0.4, -0.2) is 5.11 Å². The number of nitrogens with two attached hydrogens (primary N) is 1. The van der Waals surface area contributed by atoms with Crippen molar-refractivity contribution in [3.05, 3.63) is 28.0 Å². The van der Waals surface area contributed by atoms with Gasteiger partial charge in [-0.2, -0.15) is 0 Å². The fraction of sp³-hybridized carbons (Fsp3) is 0.143. The van der Waals surface area contributed by atoms with Crippen LogP contribution in [0.2, 0.25) is 0 Å². The molecule has 2 nitrogen and oxygen atoms in total. The maximum absolute atomic E-state index is 12.6. The molecule has 0 bridgehead atoms. The van der Waals surface area contributed by atoms with E-state index in [0.717, 1.165) is 0 Å². The van der Waals surface area contributed by atoms with Crippen LogP contribution in [0.4, 0.5) is 10.1 Å². The molecular formula is C7H7BrFNO. The first-order chi connectivity index (χ1) is 5.15. The zero-order valence-electron chi connectivity index (χ0n) is 5.64. The average molecular weight is 220 g/mol. The Morgan fingerprint density at radius 3 is 2.73 bits per heavy atom. The molecule has 0 radical (unpaired) electrons. The minimum Gasteiger partial charge on any atom is -0.398 e. The molecule has 0 fully saturated rings. The van der Waals surface area contributed by atoms with Crippen molar-refractivity contribution < 1.29 is 9.50 Å². The van der Waals surface area contributed by atoms with E-state index in [1.54, 1.807) is 0 Å². The van der Waals surface area contributed by atoms with Gasteiger partial charge in [0.15, 0.2) is 0 Å². The highest BCUT2D eigenvalue weighted by Gasteiger charge is 2.04. The van der Waals surface area contributed by atoms with Crippen LogP contribution < -0.4 is 5.73 Å². The van der Waals surface area contributed by atoms with E-state index < -0.39 is 5.82 Å². The van der Waals surface area contributed by atoms with E-state index in [4.69, 9.17) is 10.8 Å². The molecule has 0 aliphatic carbocycles. The molecule has 0 saturated heterocycles. The van der Waals surface area contributed by atoms with Crippen LogP contribution >= 0.6 is 15.9 Å². The maximum Gasteiger partial charge on any atom is 0.124 e. The van der Waals surface area contributed by atoms with Gasteiger partial charge in [0.1, 0.15) is 5.82 Å². The number of aliphatic hydroxyl groups is 1. The van der Waals surface area contributed by atoms with E-state index in [0.29, 0.717) is 15.7 Å². The van der Waals surface area contributed by atoms with Gasteiger partial charge in [0.05, 0.1) is 12.3 Å². The predicted octanol–water partition coefficient (Wildman–Crippen LogP) is 1.66. The number of anilines is 1. The van der Waals surface area contributed by atoms with Crippen molar-refractivity contribution in [3.8, 4) is 0 Å². The summed E-state index contributed by atoms with van der Waals surface area (Å²) in [4.78, 5) is 0. The molecule has 0 aliphatic heterocycles. The van der Waals surface area contributed by atoms with Gasteiger partial charge in [-0.15, -0.1) is 0 Å². The van der Waals surface area contributed by atoms with Crippen LogP contribution in [0.5, 0.6) is 0 Å². The lowest BCUT2D eigenvalue weighted by atomic mass is 10.2. The summed E-state index contributed by atoms with van der Waals surface area (Å²) in [5.41, 5.74) is 6.27. The Bertz CT molecular complexity index is 277. The second-order valence-electron chi connectivity index (χ2n) is 2.12. The minimum absolute atomic E-state index is 0.248. The third kappa shape index (κ3) is 1.70. The fourth-order valence-corrected chi connectivity index (χ4v) is 1.24. The monoisotopic (exact) mass is 219 g/mol. The molecule has 11 heavy (non-hydrogen) atoms. The molecule has 0 aliphatic rings. The summed E-state index contributed by atoms with van der Waals surface area (Å²) in [5.74, 6) is -0.407. The van der Waals surface area contributed by atoms with Crippen molar-refractivity contribution in [1.29, 1.82) is 0 Å². The highest BCUT2D eigenvalue weighted by Crippen LogP contribution is 2.24. The summed E-state index contributed by atoms with van der Waals surface area (Å²) in [5, 5.41) is 8.70. The van der Waals surface area contributed by atoms with Crippen molar-refractivity contribution in [3.63, 3.8) is 0 Å². The molecule has 4 heteroatoms. The molecule has 0 atom stereocenters. The maximum atomic E-state index is 12.6. The summed E-state index contributed by atoms with van der Waals surface area (Å²) in [6.07, 6.45) is 0. The number of nitrogen functional groups attached to an aromatic ring is 1. The molecule has 1 rings (SSSR count). The van der Waals surface area contributed by atoms with Gasteiger partial charge in [0.25, 0.3) is 0 Å². The van der Waals surface area contributed by atoms with Crippen LogP contribution in [0.15, 0.2) is 16.6 Å². The van der Waals surface area contributed by atoms with Crippen molar-refractivity contribution in [2.75, 3.05) is 5.73 Å². The van der Waals surface area contributed by atoms with E-state index >= 15 is 0 Å². The fourth-order valence-electron chi connectivity index (χ4n) is 0.769. The quantitative estimate of drug-likeness (QED) is 0.707. The molecule has 0 heterocycles. The molecule has 3 N–H and O–H groups in total. The largest absolute Gasteiger partial charge is 0.398 e. The smallest absolute Gasteiger partial charge is 0.124 e. The Labute approximate surface area is 72.0 Å². The van der Waals surface area contributed by atoms with E-state index in [-0.39, 0.29) is 6.61 Å². The van der Waals surface area contributed by atoms with Crippen LogP contribution in [0, 0.1) is 5.82 Å². The normalized spacial score (nSPS) is 10.1. The van der Waals surface area contributed by atoms with Gasteiger partial charge >= 0.3 is 0 Å². The molecule has 0 spiro atoms. The van der Waals surface area contributed by atoms with Crippen LogP contribution in [0.1, 0.15) is 5.56 Å². The molecule has 0 unspecified atom stereocenters. The first-order valence-corrected chi connectivity index (χ1v) is 3.78. The van der Waals surface area contributed by atoms with Gasteiger partial charge in [-0.25, -0.2) is 4.39 Å². The SMILES string of the molecule is Nc1c(Br)cc(F)cc1CO. The lowest BCUT2D eigenvalue weighted by molar-refractivity contribution is 0.282. The van der Waals surface area contributed by atoms with Gasteiger partial charge in [-0.1, -0.05) is 0 Å². The highest BCUT2D eigenvalue weighted by molar-refractivity contribution is 9.10. The summed E-state index contributed by atoms with van der Waals surface area (Å²) < 4.78 is 13.1. The van der Waals surface area contributed by atoms with Gasteiger partial charge in [-0.3, -0.25) is 0 Å². The van der Waals surface area contributed by atoms with Gasteiger partial charge in [0.2, 0.25) is 0 Å². The third-order valence-corrected chi connectivity index (χ3v) is 2.01. The highest BCUT2D eigenvalue weighted by atomic mass is 79.9. The lowest BCUT2D eigenvalue weighted by Gasteiger charge is -2.03.